The molecule has 0 aromatic rings. The molecule has 0 radical (unpaired) electrons. The Morgan fingerprint density at radius 1 is 1.62 bits per heavy atom. The van der Waals surface area contributed by atoms with Crippen LogP contribution in [-0.4, -0.2) is 34.3 Å². The molecule has 0 heterocycles. The molecule has 1 atom stereocenters. The number of nitrogens with zero attached hydrogens (tertiary/aromatic N) is 2. The molecule has 74 valence electrons. The highest BCUT2D eigenvalue weighted by Crippen LogP contribution is 2.03. The first-order valence-corrected chi connectivity index (χ1v) is 4.11. The summed E-state index contributed by atoms with van der Waals surface area (Å²) in [6.07, 6.45) is -1.09. The molecular formula is C8H14N2O3. The summed E-state index contributed by atoms with van der Waals surface area (Å²) < 4.78 is 4.58. The van der Waals surface area contributed by atoms with E-state index in [1.54, 1.807) is 20.8 Å². The summed E-state index contributed by atoms with van der Waals surface area (Å²) in [5.41, 5.74) is 8.12. The maximum absolute atomic E-state index is 11.0. The van der Waals surface area contributed by atoms with Crippen molar-refractivity contribution in [1.29, 1.82) is 0 Å². The van der Waals surface area contributed by atoms with E-state index in [9.17, 15) is 9.90 Å². The molecule has 0 aliphatic carbocycles. The van der Waals surface area contributed by atoms with Crippen LogP contribution >= 0.6 is 0 Å². The summed E-state index contributed by atoms with van der Waals surface area (Å²) in [5.74, 6) is -0.985. The van der Waals surface area contributed by atoms with Crippen LogP contribution in [0.5, 0.6) is 0 Å². The fourth-order valence-electron chi connectivity index (χ4n) is 0.741. The maximum atomic E-state index is 11.0. The Labute approximate surface area is 76.9 Å². The van der Waals surface area contributed by atoms with Gasteiger partial charge >= 0.3 is 11.7 Å². The fraction of sp³-hybridized carbons (Fsp3) is 0.750. The number of carbonyl (C=O) groups excluding carboxylic acids is 1. The minimum Gasteiger partial charge on any atom is -0.457 e. The number of ether oxygens (including phenoxy) is 1. The normalized spacial score (nSPS) is 12.1. The highest BCUT2D eigenvalue weighted by molar-refractivity contribution is 6.35. The van der Waals surface area contributed by atoms with Crippen molar-refractivity contribution in [3.05, 3.63) is 5.53 Å². The van der Waals surface area contributed by atoms with Gasteiger partial charge in [-0.25, -0.2) is 4.79 Å². The second kappa shape index (κ2) is 5.45. The first kappa shape index (κ1) is 11.8. The predicted octanol–water partition coefficient (Wildman–Crippen LogP) is 0.237. The number of aliphatic hydroxyl groups excluding tert-OH is 1. The van der Waals surface area contributed by atoms with Crippen molar-refractivity contribution in [3.63, 3.8) is 0 Å². The van der Waals surface area contributed by atoms with Crippen molar-refractivity contribution in [2.45, 2.75) is 26.9 Å². The molecule has 0 rings (SSSR count). The average Bonchev–Trinajstić information content (AvgIpc) is 2.05. The quantitative estimate of drug-likeness (QED) is 0.295. The zero-order valence-corrected chi connectivity index (χ0v) is 8.02. The standard InChI is InChI=1S/C8H14N2O3/c1-4-13-8(12)6(10-9)7(11)5(2)3/h5,7,11H,4H2,1-3H3. The van der Waals surface area contributed by atoms with Gasteiger partial charge in [-0.1, -0.05) is 13.8 Å². The third kappa shape index (κ3) is 3.36. The van der Waals surface area contributed by atoms with Crippen molar-refractivity contribution >= 4 is 11.7 Å². The predicted molar refractivity (Wildman–Crippen MR) is 46.1 cm³/mol. The third-order valence-corrected chi connectivity index (χ3v) is 1.50. The lowest BCUT2D eigenvalue weighted by atomic mass is 10.0. The van der Waals surface area contributed by atoms with E-state index in [1.807, 2.05) is 0 Å². The number of hydrogen-bond donors (Lipinski definition) is 1. The fourth-order valence-corrected chi connectivity index (χ4v) is 0.741. The molecule has 0 amide bonds. The minimum atomic E-state index is -1.09. The van der Waals surface area contributed by atoms with E-state index >= 15 is 0 Å². The SMILES string of the molecule is CCOC(=O)C(=[N+]=[N-])C(O)C(C)C. The van der Waals surface area contributed by atoms with Gasteiger partial charge in [0.25, 0.3) is 0 Å². The molecule has 0 saturated heterocycles. The van der Waals surface area contributed by atoms with Gasteiger partial charge in [0.1, 0.15) is 0 Å². The maximum Gasteiger partial charge on any atom is 0.419 e. The Hall–Kier alpha value is -1.19. The Bertz CT molecular complexity index is 232. The molecule has 0 fully saturated rings. The average molecular weight is 186 g/mol. The van der Waals surface area contributed by atoms with Crippen LogP contribution in [0, 0.1) is 5.92 Å². The van der Waals surface area contributed by atoms with Crippen LogP contribution in [0.1, 0.15) is 20.8 Å². The number of hydrogen-bond acceptors (Lipinski definition) is 3. The Balaban J connectivity index is 4.54. The molecule has 0 saturated carbocycles. The number of carbonyl (C=O) groups is 1. The van der Waals surface area contributed by atoms with Gasteiger partial charge < -0.3 is 15.4 Å². The van der Waals surface area contributed by atoms with E-state index < -0.39 is 12.1 Å². The topological polar surface area (TPSA) is 82.9 Å². The summed E-state index contributed by atoms with van der Waals surface area (Å²) in [7, 11) is 0. The smallest absolute Gasteiger partial charge is 0.419 e. The number of aliphatic hydroxyl groups is 1. The molecule has 0 aromatic heterocycles. The van der Waals surface area contributed by atoms with E-state index in [1.165, 1.54) is 0 Å². The van der Waals surface area contributed by atoms with E-state index in [0.717, 1.165) is 0 Å². The second-order valence-corrected chi connectivity index (χ2v) is 2.89. The summed E-state index contributed by atoms with van der Waals surface area (Å²) >= 11 is 0. The lowest BCUT2D eigenvalue weighted by Crippen LogP contribution is -2.34. The van der Waals surface area contributed by atoms with E-state index in [2.05, 4.69) is 9.53 Å². The highest BCUT2D eigenvalue weighted by Gasteiger charge is 2.32. The van der Waals surface area contributed by atoms with Crippen molar-refractivity contribution in [3.8, 4) is 0 Å². The van der Waals surface area contributed by atoms with Crippen LogP contribution in [0.3, 0.4) is 0 Å². The lowest BCUT2D eigenvalue weighted by Gasteiger charge is -2.08. The van der Waals surface area contributed by atoms with E-state index in [-0.39, 0.29) is 18.2 Å². The number of esters is 1. The monoisotopic (exact) mass is 186 g/mol. The van der Waals surface area contributed by atoms with Gasteiger partial charge in [-0.2, -0.15) is 4.79 Å². The summed E-state index contributed by atoms with van der Waals surface area (Å²) in [6, 6.07) is 0. The van der Waals surface area contributed by atoms with Crippen LogP contribution in [0.25, 0.3) is 5.53 Å². The molecule has 0 aliphatic rings. The molecule has 1 unspecified atom stereocenters. The minimum absolute atomic E-state index is 0.183. The third-order valence-electron chi connectivity index (χ3n) is 1.50. The second-order valence-electron chi connectivity index (χ2n) is 2.89. The van der Waals surface area contributed by atoms with Crippen molar-refractivity contribution in [2.24, 2.45) is 5.92 Å². The molecule has 0 spiro atoms. The van der Waals surface area contributed by atoms with Crippen LogP contribution in [0.2, 0.25) is 0 Å². The Morgan fingerprint density at radius 2 is 2.15 bits per heavy atom. The zero-order valence-electron chi connectivity index (χ0n) is 8.02. The summed E-state index contributed by atoms with van der Waals surface area (Å²) in [4.78, 5) is 13.8. The van der Waals surface area contributed by atoms with Gasteiger partial charge in [0.05, 0.1) is 6.61 Å². The van der Waals surface area contributed by atoms with Crippen LogP contribution in [-0.2, 0) is 9.53 Å². The van der Waals surface area contributed by atoms with Crippen LogP contribution in [0.15, 0.2) is 0 Å². The molecule has 0 aliphatic heterocycles. The molecule has 5 heteroatoms. The van der Waals surface area contributed by atoms with Gasteiger partial charge in [0.15, 0.2) is 6.10 Å². The van der Waals surface area contributed by atoms with Crippen molar-refractivity contribution in [1.82, 2.24) is 0 Å². The molecule has 0 bridgehead atoms. The first-order valence-electron chi connectivity index (χ1n) is 4.11. The molecule has 1 N–H and O–H groups in total. The van der Waals surface area contributed by atoms with E-state index in [4.69, 9.17) is 5.53 Å². The van der Waals surface area contributed by atoms with Gasteiger partial charge in [-0.3, -0.25) is 0 Å². The van der Waals surface area contributed by atoms with Crippen LogP contribution < -0.4 is 0 Å². The summed E-state index contributed by atoms with van der Waals surface area (Å²) in [5, 5.41) is 9.39. The Morgan fingerprint density at radius 3 is 2.46 bits per heavy atom. The molecule has 5 nitrogen and oxygen atoms in total. The van der Waals surface area contributed by atoms with Gasteiger partial charge in [0.2, 0.25) is 0 Å². The first-order chi connectivity index (χ1) is 6.04. The molecular weight excluding hydrogens is 172 g/mol. The van der Waals surface area contributed by atoms with E-state index in [0.29, 0.717) is 0 Å². The largest absolute Gasteiger partial charge is 0.457 e. The van der Waals surface area contributed by atoms with Gasteiger partial charge in [-0.15, -0.1) is 0 Å². The van der Waals surface area contributed by atoms with Gasteiger partial charge in [0, 0.05) is 0 Å². The molecule has 13 heavy (non-hydrogen) atoms. The lowest BCUT2D eigenvalue weighted by molar-refractivity contribution is -0.141. The zero-order chi connectivity index (χ0) is 10.4. The summed E-state index contributed by atoms with van der Waals surface area (Å²) in [6.45, 7) is 5.22. The van der Waals surface area contributed by atoms with Crippen LogP contribution in [0.4, 0.5) is 0 Å². The van der Waals surface area contributed by atoms with Crippen molar-refractivity contribution < 1.29 is 19.4 Å². The Kier molecular flexibility index (Phi) is 4.96. The molecule has 0 aromatic carbocycles. The van der Waals surface area contributed by atoms with Gasteiger partial charge in [-0.05, 0) is 12.8 Å². The number of rotatable bonds is 4. The van der Waals surface area contributed by atoms with Crippen molar-refractivity contribution in [2.75, 3.05) is 6.61 Å². The highest BCUT2D eigenvalue weighted by atomic mass is 16.5.